The SMILES string of the molecule is COc1cccc2nc(CC3CCCNC3)nn12. The molecule has 0 radical (unpaired) electrons. The number of piperidine rings is 1. The highest BCUT2D eigenvalue weighted by atomic mass is 16.5. The monoisotopic (exact) mass is 246 g/mol. The molecular formula is C13H18N4O. The van der Waals surface area contributed by atoms with Crippen molar-refractivity contribution < 1.29 is 4.74 Å². The van der Waals surface area contributed by atoms with Gasteiger partial charge in [-0.15, -0.1) is 5.10 Å². The molecule has 18 heavy (non-hydrogen) atoms. The topological polar surface area (TPSA) is 51.5 Å². The fraction of sp³-hybridized carbons (Fsp3) is 0.538. The zero-order valence-electron chi connectivity index (χ0n) is 10.6. The second-order valence-corrected chi connectivity index (χ2v) is 4.78. The van der Waals surface area contributed by atoms with E-state index in [1.54, 1.807) is 11.6 Å². The lowest BCUT2D eigenvalue weighted by Crippen LogP contribution is -2.31. The number of pyridine rings is 1. The molecular weight excluding hydrogens is 228 g/mol. The van der Waals surface area contributed by atoms with Crippen molar-refractivity contribution >= 4 is 5.65 Å². The Hall–Kier alpha value is -1.62. The van der Waals surface area contributed by atoms with Crippen LogP contribution >= 0.6 is 0 Å². The molecule has 1 fully saturated rings. The van der Waals surface area contributed by atoms with Crippen molar-refractivity contribution in [2.45, 2.75) is 19.3 Å². The Bertz CT molecular complexity index is 531. The summed E-state index contributed by atoms with van der Waals surface area (Å²) in [4.78, 5) is 4.56. The lowest BCUT2D eigenvalue weighted by molar-refractivity contribution is 0.368. The molecule has 2 aromatic rings. The normalized spacial score (nSPS) is 20.2. The predicted molar refractivity (Wildman–Crippen MR) is 68.8 cm³/mol. The summed E-state index contributed by atoms with van der Waals surface area (Å²) in [6, 6.07) is 5.79. The smallest absolute Gasteiger partial charge is 0.216 e. The van der Waals surface area contributed by atoms with E-state index >= 15 is 0 Å². The van der Waals surface area contributed by atoms with Gasteiger partial charge in [0, 0.05) is 12.5 Å². The van der Waals surface area contributed by atoms with Gasteiger partial charge in [0.1, 0.15) is 0 Å². The number of methoxy groups -OCH3 is 1. The van der Waals surface area contributed by atoms with E-state index in [1.807, 2.05) is 18.2 Å². The molecule has 5 heteroatoms. The van der Waals surface area contributed by atoms with Gasteiger partial charge in [0.2, 0.25) is 5.88 Å². The highest BCUT2D eigenvalue weighted by Gasteiger charge is 2.16. The summed E-state index contributed by atoms with van der Waals surface area (Å²) < 4.78 is 7.05. The van der Waals surface area contributed by atoms with Crippen molar-refractivity contribution in [3.05, 3.63) is 24.0 Å². The summed E-state index contributed by atoms with van der Waals surface area (Å²) >= 11 is 0. The van der Waals surface area contributed by atoms with Gasteiger partial charge in [-0.25, -0.2) is 4.98 Å². The summed E-state index contributed by atoms with van der Waals surface area (Å²) in [6.07, 6.45) is 3.46. The molecule has 1 saturated heterocycles. The van der Waals surface area contributed by atoms with Gasteiger partial charge in [-0.05, 0) is 37.9 Å². The maximum absolute atomic E-state index is 5.28. The van der Waals surface area contributed by atoms with Crippen molar-refractivity contribution in [2.24, 2.45) is 5.92 Å². The number of nitrogens with zero attached hydrogens (tertiary/aromatic N) is 3. The highest BCUT2D eigenvalue weighted by Crippen LogP contribution is 2.17. The van der Waals surface area contributed by atoms with Gasteiger partial charge in [-0.2, -0.15) is 4.52 Å². The Morgan fingerprint density at radius 2 is 2.44 bits per heavy atom. The van der Waals surface area contributed by atoms with E-state index in [-0.39, 0.29) is 0 Å². The molecule has 0 bridgehead atoms. The molecule has 96 valence electrons. The molecule has 0 aromatic carbocycles. The molecule has 5 nitrogen and oxygen atoms in total. The lowest BCUT2D eigenvalue weighted by atomic mass is 9.96. The van der Waals surface area contributed by atoms with Crippen molar-refractivity contribution in [2.75, 3.05) is 20.2 Å². The standard InChI is InChI=1S/C13H18N4O/c1-18-13-6-2-5-12-15-11(16-17(12)13)8-10-4-3-7-14-9-10/h2,5-6,10,14H,3-4,7-9H2,1H3. The van der Waals surface area contributed by atoms with Crippen LogP contribution in [-0.4, -0.2) is 34.8 Å². The van der Waals surface area contributed by atoms with E-state index in [4.69, 9.17) is 4.74 Å². The van der Waals surface area contributed by atoms with Gasteiger partial charge in [-0.3, -0.25) is 0 Å². The van der Waals surface area contributed by atoms with E-state index in [9.17, 15) is 0 Å². The van der Waals surface area contributed by atoms with Crippen molar-refractivity contribution in [3.8, 4) is 5.88 Å². The maximum atomic E-state index is 5.28. The van der Waals surface area contributed by atoms with Gasteiger partial charge in [0.15, 0.2) is 11.5 Å². The predicted octanol–water partition coefficient (Wildman–Crippen LogP) is 1.28. The molecule has 1 N–H and O–H groups in total. The van der Waals surface area contributed by atoms with E-state index in [1.165, 1.54) is 12.8 Å². The number of hydrogen-bond donors (Lipinski definition) is 1. The molecule has 0 amide bonds. The molecule has 1 aliphatic heterocycles. The summed E-state index contributed by atoms with van der Waals surface area (Å²) in [7, 11) is 1.65. The lowest BCUT2D eigenvalue weighted by Gasteiger charge is -2.21. The van der Waals surface area contributed by atoms with Crippen LogP contribution in [0.2, 0.25) is 0 Å². The van der Waals surface area contributed by atoms with Crippen LogP contribution in [0.25, 0.3) is 5.65 Å². The van der Waals surface area contributed by atoms with Crippen molar-refractivity contribution in [1.29, 1.82) is 0 Å². The Morgan fingerprint density at radius 1 is 1.50 bits per heavy atom. The van der Waals surface area contributed by atoms with Gasteiger partial charge < -0.3 is 10.1 Å². The third-order valence-corrected chi connectivity index (χ3v) is 3.45. The number of aromatic nitrogens is 3. The van der Waals surface area contributed by atoms with Crippen LogP contribution in [-0.2, 0) is 6.42 Å². The van der Waals surface area contributed by atoms with Crippen LogP contribution in [0.4, 0.5) is 0 Å². The van der Waals surface area contributed by atoms with Crippen molar-refractivity contribution in [1.82, 2.24) is 19.9 Å². The third kappa shape index (κ3) is 2.18. The van der Waals surface area contributed by atoms with Crippen LogP contribution < -0.4 is 10.1 Å². The molecule has 3 heterocycles. The maximum Gasteiger partial charge on any atom is 0.216 e. The fourth-order valence-electron chi connectivity index (χ4n) is 2.52. The Kier molecular flexibility index (Phi) is 3.15. The zero-order valence-corrected chi connectivity index (χ0v) is 10.6. The minimum absolute atomic E-state index is 0.655. The molecule has 2 aromatic heterocycles. The Labute approximate surface area is 106 Å². The van der Waals surface area contributed by atoms with Crippen LogP contribution in [0, 0.1) is 5.92 Å². The molecule has 0 saturated carbocycles. The molecule has 3 rings (SSSR count). The van der Waals surface area contributed by atoms with Crippen LogP contribution in [0.1, 0.15) is 18.7 Å². The zero-order chi connectivity index (χ0) is 12.4. The fourth-order valence-corrected chi connectivity index (χ4v) is 2.52. The van der Waals surface area contributed by atoms with Gasteiger partial charge in [0.05, 0.1) is 7.11 Å². The summed E-state index contributed by atoms with van der Waals surface area (Å²) in [5.41, 5.74) is 0.855. The molecule has 1 aliphatic rings. The summed E-state index contributed by atoms with van der Waals surface area (Å²) in [5.74, 6) is 2.29. The first-order chi connectivity index (χ1) is 8.86. The van der Waals surface area contributed by atoms with E-state index in [2.05, 4.69) is 15.4 Å². The average molecular weight is 246 g/mol. The summed E-state index contributed by atoms with van der Waals surface area (Å²) in [6.45, 7) is 2.22. The first kappa shape index (κ1) is 11.5. The molecule has 1 unspecified atom stereocenters. The molecule has 0 spiro atoms. The van der Waals surface area contributed by atoms with Crippen LogP contribution in [0.15, 0.2) is 18.2 Å². The number of hydrogen-bond acceptors (Lipinski definition) is 4. The third-order valence-electron chi connectivity index (χ3n) is 3.45. The van der Waals surface area contributed by atoms with Crippen LogP contribution in [0.5, 0.6) is 5.88 Å². The second-order valence-electron chi connectivity index (χ2n) is 4.78. The van der Waals surface area contributed by atoms with E-state index in [0.29, 0.717) is 5.92 Å². The number of ether oxygens (including phenoxy) is 1. The second kappa shape index (κ2) is 4.94. The molecule has 1 atom stereocenters. The number of nitrogens with one attached hydrogen (secondary N) is 1. The van der Waals surface area contributed by atoms with E-state index < -0.39 is 0 Å². The van der Waals surface area contributed by atoms with Gasteiger partial charge in [-0.1, -0.05) is 6.07 Å². The highest BCUT2D eigenvalue weighted by molar-refractivity contribution is 5.40. The summed E-state index contributed by atoms with van der Waals surface area (Å²) in [5, 5.41) is 7.95. The number of fused-ring (bicyclic) bond motifs is 1. The quantitative estimate of drug-likeness (QED) is 0.886. The van der Waals surface area contributed by atoms with Gasteiger partial charge in [0.25, 0.3) is 0 Å². The first-order valence-electron chi connectivity index (χ1n) is 6.46. The van der Waals surface area contributed by atoms with Crippen LogP contribution in [0.3, 0.4) is 0 Å². The largest absolute Gasteiger partial charge is 0.481 e. The Morgan fingerprint density at radius 3 is 3.22 bits per heavy atom. The minimum atomic E-state index is 0.655. The first-order valence-corrected chi connectivity index (χ1v) is 6.46. The Balaban J connectivity index is 1.84. The molecule has 0 aliphatic carbocycles. The minimum Gasteiger partial charge on any atom is -0.481 e. The van der Waals surface area contributed by atoms with E-state index in [0.717, 1.165) is 36.9 Å². The van der Waals surface area contributed by atoms with Crippen molar-refractivity contribution in [3.63, 3.8) is 0 Å². The average Bonchev–Trinajstić information content (AvgIpc) is 2.82. The van der Waals surface area contributed by atoms with Gasteiger partial charge >= 0.3 is 0 Å². The number of rotatable bonds is 3.